The maximum atomic E-state index is 13.7. The predicted molar refractivity (Wildman–Crippen MR) is 100 cm³/mol. The quantitative estimate of drug-likeness (QED) is 0.701. The first-order chi connectivity index (χ1) is 13.9. The average molecular weight is 406 g/mol. The van der Waals surface area contributed by atoms with E-state index in [9.17, 15) is 13.2 Å². The fourth-order valence-corrected chi connectivity index (χ4v) is 3.55. The zero-order chi connectivity index (χ0) is 20.4. The van der Waals surface area contributed by atoms with Crippen LogP contribution in [0.5, 0.6) is 5.88 Å². The van der Waals surface area contributed by atoms with Crippen LogP contribution in [-0.4, -0.2) is 44.2 Å². The second-order valence-electron chi connectivity index (χ2n) is 7.15. The normalized spacial score (nSPS) is 15.7. The molecule has 7 nitrogen and oxygen atoms in total. The van der Waals surface area contributed by atoms with Crippen LogP contribution in [0.2, 0.25) is 0 Å². The second-order valence-corrected chi connectivity index (χ2v) is 7.15. The van der Waals surface area contributed by atoms with E-state index in [1.807, 2.05) is 0 Å². The van der Waals surface area contributed by atoms with Crippen LogP contribution in [0, 0.1) is 5.92 Å². The van der Waals surface area contributed by atoms with Gasteiger partial charge in [0.05, 0.1) is 12.9 Å². The molecule has 1 aliphatic heterocycles. The molecule has 0 radical (unpaired) electrons. The van der Waals surface area contributed by atoms with Gasteiger partial charge >= 0.3 is 6.18 Å². The Hall–Kier alpha value is -2.75. The summed E-state index contributed by atoms with van der Waals surface area (Å²) in [6, 6.07) is 1.02. The molecule has 0 aromatic carbocycles. The molecule has 4 rings (SSSR count). The summed E-state index contributed by atoms with van der Waals surface area (Å²) in [4.78, 5) is 16.4. The Labute approximate surface area is 165 Å². The van der Waals surface area contributed by atoms with Crippen LogP contribution in [0.1, 0.15) is 24.8 Å². The number of pyridine rings is 1. The van der Waals surface area contributed by atoms with E-state index >= 15 is 0 Å². The van der Waals surface area contributed by atoms with E-state index in [-0.39, 0.29) is 12.2 Å². The third-order valence-electron chi connectivity index (χ3n) is 5.15. The summed E-state index contributed by atoms with van der Waals surface area (Å²) >= 11 is 0. The molecule has 0 aliphatic carbocycles. The van der Waals surface area contributed by atoms with E-state index in [1.54, 1.807) is 17.9 Å². The first-order valence-electron chi connectivity index (χ1n) is 9.46. The van der Waals surface area contributed by atoms with E-state index < -0.39 is 17.6 Å². The molecule has 1 fully saturated rings. The lowest BCUT2D eigenvalue weighted by atomic mass is 9.95. The molecule has 1 aliphatic rings. The average Bonchev–Trinajstić information content (AvgIpc) is 3.09. The number of halogens is 3. The Morgan fingerprint density at radius 1 is 1.17 bits per heavy atom. The molecule has 0 saturated carbocycles. The molecule has 154 valence electrons. The molecule has 29 heavy (non-hydrogen) atoms. The van der Waals surface area contributed by atoms with Crippen molar-refractivity contribution in [2.45, 2.75) is 25.4 Å². The number of nitrogens with zero attached hydrogens (tertiary/aromatic N) is 5. The highest BCUT2D eigenvalue weighted by atomic mass is 19.4. The molecule has 0 unspecified atom stereocenters. The van der Waals surface area contributed by atoms with Crippen molar-refractivity contribution in [3.63, 3.8) is 0 Å². The van der Waals surface area contributed by atoms with Gasteiger partial charge in [-0.3, -0.25) is 0 Å². The zero-order valence-electron chi connectivity index (χ0n) is 15.9. The van der Waals surface area contributed by atoms with Crippen molar-refractivity contribution in [3.8, 4) is 17.1 Å². The zero-order valence-corrected chi connectivity index (χ0v) is 15.9. The summed E-state index contributed by atoms with van der Waals surface area (Å²) in [5.41, 5.74) is 0.558. The standard InChI is InChI=1S/C19H21F3N6O/c1-28-11-27-16-15(25-10-26-17(16)28)13-8-14(19(20,21)22)18(24-9-13)29-7-4-12-2-5-23-6-3-12/h8-12,23H,2-7H2,1H3. The molecule has 3 aromatic heterocycles. The summed E-state index contributed by atoms with van der Waals surface area (Å²) in [6.07, 6.45) is 2.32. The maximum absolute atomic E-state index is 13.7. The predicted octanol–water partition coefficient (Wildman–Crippen LogP) is 3.21. The van der Waals surface area contributed by atoms with Crippen LogP contribution in [0.4, 0.5) is 13.2 Å². The van der Waals surface area contributed by atoms with E-state index in [1.165, 1.54) is 12.5 Å². The van der Waals surface area contributed by atoms with E-state index in [0.29, 0.717) is 29.2 Å². The second kappa shape index (κ2) is 7.94. The first kappa shape index (κ1) is 19.6. The van der Waals surface area contributed by atoms with E-state index in [2.05, 4.69) is 25.3 Å². The molecule has 0 spiro atoms. The molecule has 1 saturated heterocycles. The fourth-order valence-electron chi connectivity index (χ4n) is 3.55. The van der Waals surface area contributed by atoms with Gasteiger partial charge in [-0.25, -0.2) is 19.9 Å². The monoisotopic (exact) mass is 406 g/mol. The number of nitrogens with one attached hydrogen (secondary N) is 1. The number of aromatic nitrogens is 5. The lowest BCUT2D eigenvalue weighted by molar-refractivity contribution is -0.139. The van der Waals surface area contributed by atoms with Crippen molar-refractivity contribution in [3.05, 3.63) is 30.5 Å². The highest BCUT2D eigenvalue weighted by Gasteiger charge is 2.36. The molecule has 0 atom stereocenters. The van der Waals surface area contributed by atoms with Gasteiger partial charge in [0.1, 0.15) is 23.1 Å². The Balaban J connectivity index is 1.60. The molecule has 3 aromatic rings. The maximum Gasteiger partial charge on any atom is 0.421 e. The number of hydrogen-bond acceptors (Lipinski definition) is 6. The Morgan fingerprint density at radius 2 is 1.97 bits per heavy atom. The molecular formula is C19H21F3N6O. The summed E-state index contributed by atoms with van der Waals surface area (Å²) in [7, 11) is 1.75. The number of aryl methyl sites for hydroxylation is 1. The largest absolute Gasteiger partial charge is 0.477 e. The van der Waals surface area contributed by atoms with Gasteiger partial charge in [0.15, 0.2) is 5.65 Å². The van der Waals surface area contributed by atoms with E-state index in [4.69, 9.17) is 4.74 Å². The van der Waals surface area contributed by atoms with Gasteiger partial charge in [-0.05, 0) is 44.3 Å². The molecular weight excluding hydrogens is 385 g/mol. The SMILES string of the molecule is Cn1cnc2c(-c3cnc(OCCC4CCNCC4)c(C(F)(F)F)c3)ncnc21. The van der Waals surface area contributed by atoms with Crippen LogP contribution >= 0.6 is 0 Å². The number of alkyl halides is 3. The minimum absolute atomic E-state index is 0.206. The van der Waals surface area contributed by atoms with Crippen LogP contribution < -0.4 is 10.1 Å². The summed E-state index contributed by atoms with van der Waals surface area (Å²) in [6.45, 7) is 2.08. The highest BCUT2D eigenvalue weighted by Crippen LogP contribution is 2.38. The van der Waals surface area contributed by atoms with Gasteiger partial charge in [0, 0.05) is 18.8 Å². The molecule has 1 N–H and O–H groups in total. The van der Waals surface area contributed by atoms with Crippen molar-refractivity contribution >= 4 is 11.2 Å². The number of imidazole rings is 1. The van der Waals surface area contributed by atoms with Crippen molar-refractivity contribution in [2.24, 2.45) is 13.0 Å². The molecule has 0 bridgehead atoms. The number of hydrogen-bond donors (Lipinski definition) is 1. The van der Waals surface area contributed by atoms with Crippen molar-refractivity contribution in [2.75, 3.05) is 19.7 Å². The summed E-state index contributed by atoms with van der Waals surface area (Å²) in [5, 5.41) is 3.27. The van der Waals surface area contributed by atoms with Crippen LogP contribution in [0.3, 0.4) is 0 Å². The lowest BCUT2D eigenvalue weighted by Gasteiger charge is -2.22. The molecule has 0 amide bonds. The fraction of sp³-hybridized carbons (Fsp3) is 0.474. The van der Waals surface area contributed by atoms with Crippen LogP contribution in [0.25, 0.3) is 22.4 Å². The molecule has 10 heteroatoms. The van der Waals surface area contributed by atoms with Gasteiger partial charge < -0.3 is 14.6 Å². The Bertz CT molecular complexity index is 997. The number of ether oxygens (including phenoxy) is 1. The van der Waals surface area contributed by atoms with E-state index in [0.717, 1.165) is 32.0 Å². The van der Waals surface area contributed by atoms with Crippen LogP contribution in [-0.2, 0) is 13.2 Å². The van der Waals surface area contributed by atoms with Gasteiger partial charge in [-0.2, -0.15) is 13.2 Å². The van der Waals surface area contributed by atoms with Gasteiger partial charge in [0.25, 0.3) is 0 Å². The third-order valence-corrected chi connectivity index (χ3v) is 5.15. The number of piperidine rings is 1. The summed E-state index contributed by atoms with van der Waals surface area (Å²) in [5.74, 6) is 0.0600. The van der Waals surface area contributed by atoms with Gasteiger partial charge in [-0.15, -0.1) is 0 Å². The highest BCUT2D eigenvalue weighted by molar-refractivity contribution is 5.87. The minimum atomic E-state index is -4.59. The van der Waals surface area contributed by atoms with Crippen molar-refractivity contribution in [1.82, 2.24) is 29.8 Å². The number of fused-ring (bicyclic) bond motifs is 1. The summed E-state index contributed by atoms with van der Waals surface area (Å²) < 4.78 is 48.1. The Kier molecular flexibility index (Phi) is 5.35. The smallest absolute Gasteiger partial charge is 0.421 e. The lowest BCUT2D eigenvalue weighted by Crippen LogP contribution is -2.28. The van der Waals surface area contributed by atoms with Gasteiger partial charge in [0.2, 0.25) is 5.88 Å². The molecule has 4 heterocycles. The minimum Gasteiger partial charge on any atom is -0.477 e. The Morgan fingerprint density at radius 3 is 2.72 bits per heavy atom. The third kappa shape index (κ3) is 4.16. The van der Waals surface area contributed by atoms with Crippen molar-refractivity contribution in [1.29, 1.82) is 0 Å². The number of rotatable bonds is 5. The van der Waals surface area contributed by atoms with Crippen molar-refractivity contribution < 1.29 is 17.9 Å². The topological polar surface area (TPSA) is 77.8 Å². The van der Waals surface area contributed by atoms with Crippen LogP contribution in [0.15, 0.2) is 24.9 Å². The first-order valence-corrected chi connectivity index (χ1v) is 9.46. The van der Waals surface area contributed by atoms with Gasteiger partial charge in [-0.1, -0.05) is 0 Å².